The molecule has 0 fully saturated rings. The molecule has 0 aliphatic rings. The summed E-state index contributed by atoms with van der Waals surface area (Å²) >= 11 is 0. The first-order chi connectivity index (χ1) is 9.20. The van der Waals surface area contributed by atoms with E-state index in [0.717, 1.165) is 26.1 Å². The number of rotatable bonds is 14. The number of ether oxygens (including phenoxy) is 2. The summed E-state index contributed by atoms with van der Waals surface area (Å²) in [5, 5.41) is 0. The third kappa shape index (κ3) is 14.1. The van der Waals surface area contributed by atoms with Crippen LogP contribution in [0, 0.1) is 5.92 Å². The van der Waals surface area contributed by atoms with Crippen molar-refractivity contribution in [3.05, 3.63) is 0 Å². The van der Waals surface area contributed by atoms with Crippen molar-refractivity contribution in [2.24, 2.45) is 5.92 Å². The second kappa shape index (κ2) is 14.3. The van der Waals surface area contributed by atoms with Crippen molar-refractivity contribution in [1.82, 2.24) is 0 Å². The SMILES string of the molecule is CCCCCCOC(CCCCC)OCCC(C)C. The predicted molar refractivity (Wildman–Crippen MR) is 83.4 cm³/mol. The Morgan fingerprint density at radius 2 is 1.32 bits per heavy atom. The van der Waals surface area contributed by atoms with E-state index in [9.17, 15) is 0 Å². The minimum atomic E-state index is 0.0342. The van der Waals surface area contributed by atoms with Gasteiger partial charge >= 0.3 is 0 Å². The van der Waals surface area contributed by atoms with Crippen molar-refractivity contribution >= 4 is 0 Å². The van der Waals surface area contributed by atoms with Gasteiger partial charge in [0.1, 0.15) is 0 Å². The fourth-order valence-corrected chi connectivity index (χ4v) is 1.95. The van der Waals surface area contributed by atoms with Crippen molar-refractivity contribution in [3.63, 3.8) is 0 Å². The van der Waals surface area contributed by atoms with E-state index in [0.29, 0.717) is 5.92 Å². The van der Waals surface area contributed by atoms with Crippen LogP contribution < -0.4 is 0 Å². The Morgan fingerprint density at radius 1 is 0.684 bits per heavy atom. The average Bonchev–Trinajstić information content (AvgIpc) is 2.37. The van der Waals surface area contributed by atoms with Gasteiger partial charge in [0.05, 0.1) is 0 Å². The van der Waals surface area contributed by atoms with Crippen LogP contribution in [0.25, 0.3) is 0 Å². The summed E-state index contributed by atoms with van der Waals surface area (Å²) in [6.45, 7) is 10.6. The second-order valence-corrected chi connectivity index (χ2v) is 5.91. The largest absolute Gasteiger partial charge is 0.353 e. The molecule has 1 unspecified atom stereocenters. The Balaban J connectivity index is 3.69. The number of hydrogen-bond acceptors (Lipinski definition) is 2. The van der Waals surface area contributed by atoms with Crippen LogP contribution >= 0.6 is 0 Å². The topological polar surface area (TPSA) is 18.5 Å². The predicted octanol–water partition coefficient (Wildman–Crippen LogP) is 5.55. The van der Waals surface area contributed by atoms with E-state index in [2.05, 4.69) is 27.7 Å². The third-order valence-electron chi connectivity index (χ3n) is 3.34. The molecule has 0 aliphatic heterocycles. The smallest absolute Gasteiger partial charge is 0.157 e. The van der Waals surface area contributed by atoms with E-state index in [1.165, 1.54) is 44.9 Å². The summed E-state index contributed by atoms with van der Waals surface area (Å²) in [5.74, 6) is 0.709. The normalized spacial score (nSPS) is 13.1. The molecule has 0 aromatic carbocycles. The molecule has 0 saturated heterocycles. The standard InChI is InChI=1S/C17H36O2/c1-5-7-9-11-14-18-17(12-10-8-6-2)19-15-13-16(3)4/h16-17H,5-15H2,1-4H3. The van der Waals surface area contributed by atoms with Crippen LogP contribution in [0.4, 0.5) is 0 Å². The third-order valence-corrected chi connectivity index (χ3v) is 3.34. The molecule has 0 heterocycles. The molecule has 19 heavy (non-hydrogen) atoms. The maximum atomic E-state index is 5.89. The Bertz CT molecular complexity index is 169. The molecule has 2 nitrogen and oxygen atoms in total. The molecule has 0 N–H and O–H groups in total. The summed E-state index contributed by atoms with van der Waals surface area (Å²) in [6.07, 6.45) is 11.0. The highest BCUT2D eigenvalue weighted by atomic mass is 16.7. The minimum Gasteiger partial charge on any atom is -0.353 e. The van der Waals surface area contributed by atoms with Crippen molar-refractivity contribution in [1.29, 1.82) is 0 Å². The molecule has 1 atom stereocenters. The van der Waals surface area contributed by atoms with Crippen molar-refractivity contribution in [2.45, 2.75) is 91.8 Å². The Morgan fingerprint density at radius 3 is 1.95 bits per heavy atom. The van der Waals surface area contributed by atoms with E-state index in [-0.39, 0.29) is 6.29 Å². The summed E-state index contributed by atoms with van der Waals surface area (Å²) in [4.78, 5) is 0. The molecule has 0 aliphatic carbocycles. The molecule has 0 aromatic heterocycles. The number of hydrogen-bond donors (Lipinski definition) is 0. The number of unbranched alkanes of at least 4 members (excludes halogenated alkanes) is 5. The van der Waals surface area contributed by atoms with Gasteiger partial charge in [-0.1, -0.05) is 59.8 Å². The molecule has 0 aromatic rings. The van der Waals surface area contributed by atoms with Crippen LogP contribution in [0.2, 0.25) is 0 Å². The molecule has 116 valence electrons. The summed E-state index contributed by atoms with van der Waals surface area (Å²) in [6, 6.07) is 0. The summed E-state index contributed by atoms with van der Waals surface area (Å²) < 4.78 is 11.8. The first kappa shape index (κ1) is 18.9. The average molecular weight is 272 g/mol. The first-order valence-electron chi connectivity index (χ1n) is 8.43. The molecule has 0 rings (SSSR count). The summed E-state index contributed by atoms with van der Waals surface area (Å²) in [5.41, 5.74) is 0. The van der Waals surface area contributed by atoms with Gasteiger partial charge in [-0.15, -0.1) is 0 Å². The highest BCUT2D eigenvalue weighted by molar-refractivity contribution is 4.50. The maximum Gasteiger partial charge on any atom is 0.157 e. The zero-order chi connectivity index (χ0) is 14.3. The van der Waals surface area contributed by atoms with Gasteiger partial charge in [0.15, 0.2) is 6.29 Å². The Labute approximate surface area is 121 Å². The van der Waals surface area contributed by atoms with Crippen molar-refractivity contribution in [2.75, 3.05) is 13.2 Å². The van der Waals surface area contributed by atoms with Gasteiger partial charge in [-0.3, -0.25) is 0 Å². The molecule has 0 amide bonds. The van der Waals surface area contributed by atoms with Crippen LogP contribution in [0.3, 0.4) is 0 Å². The van der Waals surface area contributed by atoms with Crippen molar-refractivity contribution < 1.29 is 9.47 Å². The fraction of sp³-hybridized carbons (Fsp3) is 1.00. The molecule has 2 heteroatoms. The molecular formula is C17H36O2. The van der Waals surface area contributed by atoms with Crippen LogP contribution in [-0.4, -0.2) is 19.5 Å². The van der Waals surface area contributed by atoms with Gasteiger partial charge in [0.25, 0.3) is 0 Å². The van der Waals surface area contributed by atoms with Crippen molar-refractivity contribution in [3.8, 4) is 0 Å². The Kier molecular flexibility index (Phi) is 14.3. The van der Waals surface area contributed by atoms with Gasteiger partial charge in [0.2, 0.25) is 0 Å². The lowest BCUT2D eigenvalue weighted by Crippen LogP contribution is -2.19. The van der Waals surface area contributed by atoms with Crippen LogP contribution in [-0.2, 0) is 9.47 Å². The van der Waals surface area contributed by atoms with Gasteiger partial charge in [-0.05, 0) is 31.6 Å². The molecule has 0 spiro atoms. The maximum absolute atomic E-state index is 5.89. The lowest BCUT2D eigenvalue weighted by atomic mass is 10.1. The molecule has 0 bridgehead atoms. The van der Waals surface area contributed by atoms with E-state index < -0.39 is 0 Å². The van der Waals surface area contributed by atoms with E-state index in [1.54, 1.807) is 0 Å². The first-order valence-corrected chi connectivity index (χ1v) is 8.43. The minimum absolute atomic E-state index is 0.0342. The lowest BCUT2D eigenvalue weighted by Gasteiger charge is -2.19. The van der Waals surface area contributed by atoms with Crippen LogP contribution in [0.1, 0.15) is 85.5 Å². The van der Waals surface area contributed by atoms with Gasteiger partial charge in [-0.25, -0.2) is 0 Å². The van der Waals surface area contributed by atoms with Crippen LogP contribution in [0.15, 0.2) is 0 Å². The molecule has 0 radical (unpaired) electrons. The molecule has 0 saturated carbocycles. The zero-order valence-corrected chi connectivity index (χ0v) is 13.7. The quantitative estimate of drug-likeness (QED) is 0.305. The Hall–Kier alpha value is -0.0800. The van der Waals surface area contributed by atoms with Gasteiger partial charge in [0, 0.05) is 13.2 Å². The van der Waals surface area contributed by atoms with E-state index in [4.69, 9.17) is 9.47 Å². The van der Waals surface area contributed by atoms with Gasteiger partial charge in [-0.2, -0.15) is 0 Å². The fourth-order valence-electron chi connectivity index (χ4n) is 1.95. The van der Waals surface area contributed by atoms with Crippen LogP contribution in [0.5, 0.6) is 0 Å². The van der Waals surface area contributed by atoms with E-state index >= 15 is 0 Å². The molecular weight excluding hydrogens is 236 g/mol. The highest BCUT2D eigenvalue weighted by Crippen LogP contribution is 2.11. The van der Waals surface area contributed by atoms with E-state index in [1.807, 2.05) is 0 Å². The zero-order valence-electron chi connectivity index (χ0n) is 13.7. The highest BCUT2D eigenvalue weighted by Gasteiger charge is 2.09. The second-order valence-electron chi connectivity index (χ2n) is 5.91. The van der Waals surface area contributed by atoms with Gasteiger partial charge < -0.3 is 9.47 Å². The monoisotopic (exact) mass is 272 g/mol. The summed E-state index contributed by atoms with van der Waals surface area (Å²) in [7, 11) is 0. The lowest BCUT2D eigenvalue weighted by molar-refractivity contribution is -0.149.